The standard InChI is InChI=1S/C16H25NO2/c1-5-16(3,6-2)17-14(15(18)19-4)12-13-10-8-7-9-11-13/h7-11,14,17H,5-6,12H2,1-4H3. The third-order valence-electron chi connectivity index (χ3n) is 3.85. The maximum absolute atomic E-state index is 11.9. The highest BCUT2D eigenvalue weighted by atomic mass is 16.5. The number of hydrogen-bond donors (Lipinski definition) is 1. The van der Waals surface area contributed by atoms with Crippen molar-refractivity contribution in [2.75, 3.05) is 7.11 Å². The van der Waals surface area contributed by atoms with Gasteiger partial charge in [0, 0.05) is 5.54 Å². The van der Waals surface area contributed by atoms with Crippen molar-refractivity contribution in [3.8, 4) is 0 Å². The second-order valence-corrected chi connectivity index (χ2v) is 5.18. The monoisotopic (exact) mass is 263 g/mol. The Morgan fingerprint density at radius 3 is 2.32 bits per heavy atom. The average Bonchev–Trinajstić information content (AvgIpc) is 2.46. The summed E-state index contributed by atoms with van der Waals surface area (Å²) in [5, 5.41) is 3.45. The molecule has 0 fully saturated rings. The molecule has 1 aromatic rings. The van der Waals surface area contributed by atoms with E-state index in [0.717, 1.165) is 18.4 Å². The van der Waals surface area contributed by atoms with Crippen molar-refractivity contribution in [3.63, 3.8) is 0 Å². The van der Waals surface area contributed by atoms with Gasteiger partial charge in [-0.05, 0) is 31.7 Å². The van der Waals surface area contributed by atoms with Gasteiger partial charge in [-0.25, -0.2) is 0 Å². The quantitative estimate of drug-likeness (QED) is 0.769. The van der Waals surface area contributed by atoms with Crippen LogP contribution in [0.25, 0.3) is 0 Å². The molecule has 0 aliphatic heterocycles. The lowest BCUT2D eigenvalue weighted by Gasteiger charge is -2.32. The van der Waals surface area contributed by atoms with Gasteiger partial charge in [-0.2, -0.15) is 0 Å². The van der Waals surface area contributed by atoms with Crippen molar-refractivity contribution >= 4 is 5.97 Å². The van der Waals surface area contributed by atoms with E-state index in [-0.39, 0.29) is 17.6 Å². The molecule has 106 valence electrons. The maximum atomic E-state index is 11.9. The van der Waals surface area contributed by atoms with E-state index in [1.807, 2.05) is 30.3 Å². The Morgan fingerprint density at radius 1 is 1.26 bits per heavy atom. The number of hydrogen-bond acceptors (Lipinski definition) is 3. The van der Waals surface area contributed by atoms with Gasteiger partial charge in [0.15, 0.2) is 0 Å². The maximum Gasteiger partial charge on any atom is 0.323 e. The Labute approximate surface area is 116 Å². The van der Waals surface area contributed by atoms with Gasteiger partial charge in [0.05, 0.1) is 7.11 Å². The van der Waals surface area contributed by atoms with Crippen LogP contribution in [0.2, 0.25) is 0 Å². The van der Waals surface area contributed by atoms with Crippen molar-refractivity contribution in [1.82, 2.24) is 5.32 Å². The van der Waals surface area contributed by atoms with Gasteiger partial charge >= 0.3 is 5.97 Å². The number of ether oxygens (including phenoxy) is 1. The van der Waals surface area contributed by atoms with Crippen LogP contribution in [0.15, 0.2) is 30.3 Å². The summed E-state index contributed by atoms with van der Waals surface area (Å²) in [4.78, 5) is 11.9. The minimum atomic E-state index is -0.294. The third kappa shape index (κ3) is 4.67. The van der Waals surface area contributed by atoms with Crippen molar-refractivity contribution in [2.24, 2.45) is 0 Å². The molecule has 3 nitrogen and oxygen atoms in total. The van der Waals surface area contributed by atoms with Crippen LogP contribution in [0, 0.1) is 0 Å². The first-order valence-electron chi connectivity index (χ1n) is 6.94. The molecule has 0 heterocycles. The Kier molecular flexibility index (Phi) is 6.03. The molecule has 0 aliphatic rings. The Hall–Kier alpha value is -1.35. The highest BCUT2D eigenvalue weighted by molar-refractivity contribution is 5.76. The fourth-order valence-electron chi connectivity index (χ4n) is 2.06. The van der Waals surface area contributed by atoms with E-state index < -0.39 is 0 Å². The molecule has 1 unspecified atom stereocenters. The summed E-state index contributed by atoms with van der Waals surface area (Å²) < 4.78 is 4.92. The van der Waals surface area contributed by atoms with E-state index in [4.69, 9.17) is 4.74 Å². The van der Waals surface area contributed by atoms with Gasteiger partial charge in [-0.1, -0.05) is 44.2 Å². The molecule has 1 N–H and O–H groups in total. The molecule has 19 heavy (non-hydrogen) atoms. The van der Waals surface area contributed by atoms with Gasteiger partial charge in [-0.3, -0.25) is 10.1 Å². The lowest BCUT2D eigenvalue weighted by Crippen LogP contribution is -2.52. The zero-order valence-corrected chi connectivity index (χ0v) is 12.4. The first kappa shape index (κ1) is 15.7. The molecule has 1 rings (SSSR count). The minimum Gasteiger partial charge on any atom is -0.468 e. The highest BCUT2D eigenvalue weighted by Crippen LogP contribution is 2.16. The van der Waals surface area contributed by atoms with Gasteiger partial charge in [-0.15, -0.1) is 0 Å². The van der Waals surface area contributed by atoms with E-state index in [1.165, 1.54) is 7.11 Å². The zero-order valence-electron chi connectivity index (χ0n) is 12.4. The highest BCUT2D eigenvalue weighted by Gasteiger charge is 2.28. The van der Waals surface area contributed by atoms with Crippen LogP contribution in [0.4, 0.5) is 0 Å². The van der Waals surface area contributed by atoms with Crippen molar-refractivity contribution in [1.29, 1.82) is 0 Å². The van der Waals surface area contributed by atoms with Crippen LogP contribution in [0.1, 0.15) is 39.2 Å². The molecule has 3 heteroatoms. The molecular formula is C16H25NO2. The van der Waals surface area contributed by atoms with Crippen LogP contribution >= 0.6 is 0 Å². The van der Waals surface area contributed by atoms with Crippen LogP contribution in [-0.2, 0) is 16.0 Å². The molecule has 0 spiro atoms. The van der Waals surface area contributed by atoms with Crippen LogP contribution in [-0.4, -0.2) is 24.7 Å². The number of benzene rings is 1. The number of nitrogens with one attached hydrogen (secondary N) is 1. The summed E-state index contributed by atoms with van der Waals surface area (Å²) in [6, 6.07) is 9.73. The van der Waals surface area contributed by atoms with E-state index in [1.54, 1.807) is 0 Å². The first-order chi connectivity index (χ1) is 9.04. The topological polar surface area (TPSA) is 38.3 Å². The molecule has 0 bridgehead atoms. The summed E-state index contributed by atoms with van der Waals surface area (Å²) in [6.07, 6.45) is 2.61. The molecule has 1 atom stereocenters. The number of esters is 1. The zero-order chi connectivity index (χ0) is 14.3. The van der Waals surface area contributed by atoms with Crippen molar-refractivity contribution < 1.29 is 9.53 Å². The molecule has 1 aromatic carbocycles. The van der Waals surface area contributed by atoms with E-state index in [0.29, 0.717) is 6.42 Å². The summed E-state index contributed by atoms with van der Waals surface area (Å²) >= 11 is 0. The predicted molar refractivity (Wildman–Crippen MR) is 78.1 cm³/mol. The van der Waals surface area contributed by atoms with Crippen LogP contribution < -0.4 is 5.32 Å². The van der Waals surface area contributed by atoms with Gasteiger partial charge < -0.3 is 4.74 Å². The fourth-order valence-corrected chi connectivity index (χ4v) is 2.06. The minimum absolute atomic E-state index is 0.0341. The molecule has 0 radical (unpaired) electrons. The largest absolute Gasteiger partial charge is 0.468 e. The first-order valence-corrected chi connectivity index (χ1v) is 6.94. The molecule has 0 amide bonds. The van der Waals surface area contributed by atoms with Gasteiger partial charge in [0.2, 0.25) is 0 Å². The lowest BCUT2D eigenvalue weighted by molar-refractivity contribution is -0.143. The van der Waals surface area contributed by atoms with Crippen LogP contribution in [0.3, 0.4) is 0 Å². The lowest BCUT2D eigenvalue weighted by atomic mass is 9.93. The van der Waals surface area contributed by atoms with Crippen molar-refractivity contribution in [2.45, 2.75) is 51.6 Å². The normalized spacial score (nSPS) is 13.1. The Balaban J connectivity index is 2.81. The molecule has 0 saturated carbocycles. The number of methoxy groups -OCH3 is 1. The Morgan fingerprint density at radius 2 is 1.84 bits per heavy atom. The van der Waals surface area contributed by atoms with Gasteiger partial charge in [0.25, 0.3) is 0 Å². The number of rotatable bonds is 7. The van der Waals surface area contributed by atoms with E-state index >= 15 is 0 Å². The summed E-state index contributed by atoms with van der Waals surface area (Å²) in [5.74, 6) is -0.197. The summed E-state index contributed by atoms with van der Waals surface area (Å²) in [7, 11) is 1.44. The SMILES string of the molecule is CCC(C)(CC)NC(Cc1ccccc1)C(=O)OC. The smallest absolute Gasteiger partial charge is 0.323 e. The van der Waals surface area contributed by atoms with Gasteiger partial charge in [0.1, 0.15) is 6.04 Å². The molecular weight excluding hydrogens is 238 g/mol. The van der Waals surface area contributed by atoms with Crippen molar-refractivity contribution in [3.05, 3.63) is 35.9 Å². The number of carbonyl (C=O) groups excluding carboxylic acids is 1. The second-order valence-electron chi connectivity index (χ2n) is 5.18. The van der Waals surface area contributed by atoms with Crippen LogP contribution in [0.5, 0.6) is 0 Å². The number of carbonyl (C=O) groups is 1. The molecule has 0 aliphatic carbocycles. The average molecular weight is 263 g/mol. The van der Waals surface area contributed by atoms with E-state index in [2.05, 4.69) is 26.1 Å². The summed E-state index contributed by atoms with van der Waals surface area (Å²) in [5.41, 5.74) is 1.10. The second kappa shape index (κ2) is 7.29. The fraction of sp³-hybridized carbons (Fsp3) is 0.562. The summed E-state index contributed by atoms with van der Waals surface area (Å²) in [6.45, 7) is 6.41. The third-order valence-corrected chi connectivity index (χ3v) is 3.85. The predicted octanol–water partition coefficient (Wildman–Crippen LogP) is 2.94. The molecule has 0 saturated heterocycles. The molecule has 0 aromatic heterocycles. The Bertz CT molecular complexity index is 385. The van der Waals surface area contributed by atoms with E-state index in [9.17, 15) is 4.79 Å².